The number of carbonyl (C=O) groups is 3. The van der Waals surface area contributed by atoms with Gasteiger partial charge in [0.1, 0.15) is 17.1 Å². The number of nitrogens with one attached hydrogen (secondary N) is 3. The van der Waals surface area contributed by atoms with Gasteiger partial charge in [0.25, 0.3) is 0 Å². The Morgan fingerprint density at radius 1 is 0.889 bits per heavy atom. The minimum absolute atomic E-state index is 0.0398. The molecule has 0 saturated carbocycles. The highest BCUT2D eigenvalue weighted by atomic mass is 32.2. The Bertz CT molecular complexity index is 1950. The van der Waals surface area contributed by atoms with Gasteiger partial charge in [-0.3, -0.25) is 19.4 Å². The molecule has 11 nitrogen and oxygen atoms in total. The zero-order valence-electron chi connectivity index (χ0n) is 30.4. The fourth-order valence-electron chi connectivity index (χ4n) is 6.50. The van der Waals surface area contributed by atoms with Crippen molar-refractivity contribution in [1.82, 2.24) is 30.8 Å². The van der Waals surface area contributed by atoms with Crippen LogP contribution in [0.5, 0.6) is 0 Å². The minimum Gasteiger partial charge on any atom is -0.350 e. The number of pyridine rings is 2. The lowest BCUT2D eigenvalue weighted by atomic mass is 10.0. The van der Waals surface area contributed by atoms with Gasteiger partial charge in [0, 0.05) is 48.7 Å². The number of carbonyl (C=O) groups excluding carboxylic acids is 3. The van der Waals surface area contributed by atoms with E-state index in [0.717, 1.165) is 23.2 Å². The van der Waals surface area contributed by atoms with E-state index in [9.17, 15) is 27.6 Å². The van der Waals surface area contributed by atoms with E-state index in [1.54, 1.807) is 31.3 Å². The Balaban J connectivity index is 1.62. The molecule has 3 amide bonds. The summed E-state index contributed by atoms with van der Waals surface area (Å²) in [7, 11) is 1.46. The predicted octanol–water partition coefficient (Wildman–Crippen LogP) is 4.62. The van der Waals surface area contributed by atoms with Crippen molar-refractivity contribution >= 4 is 40.4 Å². The molecule has 0 aliphatic carbocycles. The van der Waals surface area contributed by atoms with E-state index in [4.69, 9.17) is 16.5 Å². The summed E-state index contributed by atoms with van der Waals surface area (Å²) >= 11 is 1.07. The number of unbranched alkanes of at least 4 members (excludes halogenated alkanes) is 1. The quantitative estimate of drug-likeness (QED) is 0.153. The molecule has 0 bridgehead atoms. The first kappa shape index (κ1) is 40.6. The molecular formula is C39H47F3N8O3S. The molecular weight excluding hydrogens is 718 g/mol. The van der Waals surface area contributed by atoms with Crippen LogP contribution in [0.3, 0.4) is 0 Å². The van der Waals surface area contributed by atoms with E-state index in [2.05, 4.69) is 20.9 Å². The standard InChI is InChI=1S/C39H47F3N8O3S/c1-24-14-17-29(39(40,41)42)28-23-47-36(52)33(21-27-16-15-25-9-3-4-11-30(25)48-27)50(2)38(53)32(12-5-6-18-43)49-35(51)31(13-7-19-44)46-22-26-10-8-20-45-37(26)54-34(24)28/h3-4,8-11,14-17,20,31-33,46H,5-7,12-13,18-19,21-23,43-44H2,1-2H3,(H,47,52)(H,49,51). The van der Waals surface area contributed by atoms with Gasteiger partial charge >= 0.3 is 6.18 Å². The molecule has 3 atom stereocenters. The van der Waals surface area contributed by atoms with Crippen LogP contribution < -0.4 is 27.4 Å². The number of hydrogen-bond donors (Lipinski definition) is 5. The monoisotopic (exact) mass is 764 g/mol. The summed E-state index contributed by atoms with van der Waals surface area (Å²) in [6, 6.07) is 14.0. The molecule has 4 aromatic rings. The lowest BCUT2D eigenvalue weighted by Crippen LogP contribution is -2.57. The molecule has 2 aromatic carbocycles. The fraction of sp³-hybridized carbons (Fsp3) is 0.410. The van der Waals surface area contributed by atoms with Crippen molar-refractivity contribution in [2.45, 2.75) is 92.8 Å². The Labute approximate surface area is 317 Å². The van der Waals surface area contributed by atoms with E-state index >= 15 is 0 Å². The van der Waals surface area contributed by atoms with Gasteiger partial charge in [-0.25, -0.2) is 4.98 Å². The summed E-state index contributed by atoms with van der Waals surface area (Å²) < 4.78 is 43.9. The van der Waals surface area contributed by atoms with Crippen LogP contribution in [0.2, 0.25) is 0 Å². The number of nitrogens with two attached hydrogens (primary N) is 2. The number of benzene rings is 2. The van der Waals surface area contributed by atoms with Crippen molar-refractivity contribution in [2.24, 2.45) is 11.5 Å². The van der Waals surface area contributed by atoms with Crippen LogP contribution in [0.15, 0.2) is 76.8 Å². The summed E-state index contributed by atoms with van der Waals surface area (Å²) in [5.74, 6) is -1.62. The predicted molar refractivity (Wildman–Crippen MR) is 202 cm³/mol. The zero-order chi connectivity index (χ0) is 38.8. The lowest BCUT2D eigenvalue weighted by molar-refractivity contribution is -0.142. The number of amides is 3. The van der Waals surface area contributed by atoms with Crippen molar-refractivity contribution < 1.29 is 27.6 Å². The van der Waals surface area contributed by atoms with Crippen LogP contribution in [0.1, 0.15) is 60.1 Å². The molecule has 2 aromatic heterocycles. The molecule has 5 rings (SSSR count). The molecule has 3 heterocycles. The van der Waals surface area contributed by atoms with Crippen LogP contribution in [-0.2, 0) is 40.1 Å². The number of alkyl halides is 3. The van der Waals surface area contributed by atoms with Gasteiger partial charge < -0.3 is 32.3 Å². The Morgan fingerprint density at radius 3 is 2.41 bits per heavy atom. The minimum atomic E-state index is -4.73. The van der Waals surface area contributed by atoms with Gasteiger partial charge in [-0.15, -0.1) is 0 Å². The number of hydrogen-bond acceptors (Lipinski definition) is 9. The number of aryl methyl sites for hydroxylation is 1. The molecule has 1 aliphatic rings. The molecule has 7 N–H and O–H groups in total. The lowest BCUT2D eigenvalue weighted by Gasteiger charge is -2.32. The van der Waals surface area contributed by atoms with Crippen molar-refractivity contribution in [1.29, 1.82) is 0 Å². The van der Waals surface area contributed by atoms with E-state index in [1.165, 1.54) is 18.0 Å². The second-order valence-corrected chi connectivity index (χ2v) is 14.4. The molecule has 1 aliphatic heterocycles. The summed E-state index contributed by atoms with van der Waals surface area (Å²) in [5, 5.41) is 10.3. The molecule has 0 fully saturated rings. The third kappa shape index (κ3) is 10.1. The normalized spacial score (nSPS) is 19.1. The first-order chi connectivity index (χ1) is 25.9. The number of halogens is 3. The number of fused-ring (bicyclic) bond motifs is 3. The van der Waals surface area contributed by atoms with Crippen LogP contribution in [-0.4, -0.2) is 70.9 Å². The van der Waals surface area contributed by atoms with Gasteiger partial charge in [0.15, 0.2) is 0 Å². The molecule has 0 saturated heterocycles. The average molecular weight is 765 g/mol. The van der Waals surface area contributed by atoms with Crippen LogP contribution in [0.25, 0.3) is 10.9 Å². The smallest absolute Gasteiger partial charge is 0.350 e. The third-order valence-electron chi connectivity index (χ3n) is 9.54. The third-order valence-corrected chi connectivity index (χ3v) is 10.9. The second-order valence-electron chi connectivity index (χ2n) is 13.4. The molecule has 15 heteroatoms. The van der Waals surface area contributed by atoms with Gasteiger partial charge in [0.05, 0.1) is 17.1 Å². The first-order valence-corrected chi connectivity index (χ1v) is 18.9. The number of rotatable bonds is 9. The number of nitrogens with zero attached hydrogens (tertiary/aromatic N) is 3. The number of para-hydroxylation sites is 1. The van der Waals surface area contributed by atoms with Gasteiger partial charge in [0.2, 0.25) is 17.7 Å². The van der Waals surface area contributed by atoms with E-state index in [1.807, 2.05) is 30.3 Å². The zero-order valence-corrected chi connectivity index (χ0v) is 31.2. The van der Waals surface area contributed by atoms with Crippen LogP contribution in [0, 0.1) is 6.92 Å². The SMILES string of the molecule is Cc1ccc(C(F)(F)F)c2c1Sc1ncccc1CNC(CCCN)C(=O)NC(CCCCN)C(=O)N(C)C(Cc1ccc3ccccc3n1)C(=O)NC2. The van der Waals surface area contributed by atoms with Gasteiger partial charge in [-0.2, -0.15) is 13.2 Å². The van der Waals surface area contributed by atoms with Gasteiger partial charge in [-0.1, -0.05) is 48.2 Å². The second kappa shape index (κ2) is 18.7. The maximum atomic E-state index is 14.6. The highest BCUT2D eigenvalue weighted by molar-refractivity contribution is 7.99. The molecule has 0 spiro atoms. The summed E-state index contributed by atoms with van der Waals surface area (Å²) in [6.07, 6.45) is -0.959. The Morgan fingerprint density at radius 2 is 1.65 bits per heavy atom. The molecule has 0 radical (unpaired) electrons. The van der Waals surface area contributed by atoms with E-state index < -0.39 is 54.1 Å². The van der Waals surface area contributed by atoms with Crippen molar-refractivity contribution in [2.75, 3.05) is 20.1 Å². The highest BCUT2D eigenvalue weighted by Crippen LogP contribution is 2.41. The van der Waals surface area contributed by atoms with Crippen molar-refractivity contribution in [3.05, 3.63) is 94.8 Å². The van der Waals surface area contributed by atoms with Crippen LogP contribution in [0.4, 0.5) is 13.2 Å². The fourth-order valence-corrected chi connectivity index (χ4v) is 7.61. The highest BCUT2D eigenvalue weighted by Gasteiger charge is 2.37. The Hall–Kier alpha value is -4.57. The van der Waals surface area contributed by atoms with Crippen LogP contribution >= 0.6 is 11.8 Å². The largest absolute Gasteiger partial charge is 0.416 e. The summed E-state index contributed by atoms with van der Waals surface area (Å²) in [5.41, 5.74) is 13.0. The number of likely N-dealkylation sites (N-methyl/N-ethyl adjacent to an activating group) is 1. The maximum absolute atomic E-state index is 14.6. The van der Waals surface area contributed by atoms with E-state index in [0.29, 0.717) is 71.0 Å². The maximum Gasteiger partial charge on any atom is 0.416 e. The van der Waals surface area contributed by atoms with Gasteiger partial charge in [-0.05, 0) is 93.1 Å². The Kier molecular flexibility index (Phi) is 14.0. The summed E-state index contributed by atoms with van der Waals surface area (Å²) in [6.45, 7) is 2.11. The average Bonchev–Trinajstić information content (AvgIpc) is 3.15. The topological polar surface area (TPSA) is 168 Å². The number of aromatic nitrogens is 2. The first-order valence-electron chi connectivity index (χ1n) is 18.1. The van der Waals surface area contributed by atoms with Crippen molar-refractivity contribution in [3.8, 4) is 0 Å². The molecule has 54 heavy (non-hydrogen) atoms. The summed E-state index contributed by atoms with van der Waals surface area (Å²) in [4.78, 5) is 53.4. The molecule has 288 valence electrons. The van der Waals surface area contributed by atoms with Crippen molar-refractivity contribution in [3.63, 3.8) is 0 Å². The van der Waals surface area contributed by atoms with E-state index in [-0.39, 0.29) is 24.9 Å². The molecule has 3 unspecified atom stereocenters.